The summed E-state index contributed by atoms with van der Waals surface area (Å²) in [4.78, 5) is 4.81. The third-order valence-corrected chi connectivity index (χ3v) is 5.40. The summed E-state index contributed by atoms with van der Waals surface area (Å²) < 4.78 is 5.27. The van der Waals surface area contributed by atoms with E-state index in [0.29, 0.717) is 0 Å². The molecule has 5 nitrogen and oxygen atoms in total. The zero-order chi connectivity index (χ0) is 20.7. The first-order chi connectivity index (χ1) is 14.6. The van der Waals surface area contributed by atoms with Gasteiger partial charge in [0.05, 0.1) is 24.3 Å². The zero-order valence-electron chi connectivity index (χ0n) is 17.2. The van der Waals surface area contributed by atoms with Crippen LogP contribution in [0.2, 0.25) is 0 Å². The second-order valence-electron chi connectivity index (χ2n) is 7.49. The number of hydrogen-bond donors (Lipinski definition) is 2. The van der Waals surface area contributed by atoms with E-state index >= 15 is 0 Å². The molecule has 0 spiro atoms. The Kier molecular flexibility index (Phi) is 4.36. The van der Waals surface area contributed by atoms with Crippen LogP contribution in [0.25, 0.3) is 32.9 Å². The third-order valence-electron chi connectivity index (χ3n) is 5.40. The van der Waals surface area contributed by atoms with Gasteiger partial charge < -0.3 is 10.1 Å². The molecule has 0 aliphatic rings. The molecule has 0 saturated carbocycles. The number of hydrogen-bond acceptors (Lipinski definition) is 4. The van der Waals surface area contributed by atoms with Crippen molar-refractivity contribution in [2.24, 2.45) is 0 Å². The van der Waals surface area contributed by atoms with Crippen molar-refractivity contribution < 1.29 is 4.74 Å². The maximum Gasteiger partial charge on any atom is 0.119 e. The summed E-state index contributed by atoms with van der Waals surface area (Å²) in [6.45, 7) is 4.14. The average Bonchev–Trinajstić information content (AvgIpc) is 3.24. The highest BCUT2D eigenvalue weighted by atomic mass is 16.5. The van der Waals surface area contributed by atoms with Crippen LogP contribution in [0.3, 0.4) is 0 Å². The lowest BCUT2D eigenvalue weighted by atomic mass is 9.97. The van der Waals surface area contributed by atoms with Gasteiger partial charge in [0, 0.05) is 27.8 Å². The summed E-state index contributed by atoms with van der Waals surface area (Å²) in [5.74, 6) is 0.836. The lowest BCUT2D eigenvalue weighted by molar-refractivity contribution is 0.415. The first-order valence-corrected chi connectivity index (χ1v) is 9.88. The molecule has 0 bridgehead atoms. The Balaban J connectivity index is 1.68. The highest BCUT2D eigenvalue weighted by molar-refractivity contribution is 6.01. The van der Waals surface area contributed by atoms with E-state index in [-0.39, 0.29) is 0 Å². The molecule has 30 heavy (non-hydrogen) atoms. The van der Waals surface area contributed by atoms with Crippen LogP contribution in [0.1, 0.15) is 11.3 Å². The van der Waals surface area contributed by atoms with E-state index in [2.05, 4.69) is 52.8 Å². The van der Waals surface area contributed by atoms with Crippen molar-refractivity contribution in [3.63, 3.8) is 0 Å². The predicted molar refractivity (Wildman–Crippen MR) is 123 cm³/mol. The lowest BCUT2D eigenvalue weighted by Gasteiger charge is -2.15. The van der Waals surface area contributed by atoms with Gasteiger partial charge in [0.1, 0.15) is 5.75 Å². The van der Waals surface area contributed by atoms with Crippen LogP contribution in [0.15, 0.2) is 66.9 Å². The molecular formula is C25H22N4O. The van der Waals surface area contributed by atoms with E-state index in [9.17, 15) is 0 Å². The van der Waals surface area contributed by atoms with Crippen molar-refractivity contribution in [1.82, 2.24) is 15.2 Å². The second-order valence-corrected chi connectivity index (χ2v) is 7.49. The number of rotatable bonds is 4. The Morgan fingerprint density at radius 2 is 1.77 bits per heavy atom. The fourth-order valence-corrected chi connectivity index (χ4v) is 3.94. The predicted octanol–water partition coefficient (Wildman–Crippen LogP) is 6.15. The van der Waals surface area contributed by atoms with E-state index in [1.54, 1.807) is 7.11 Å². The Morgan fingerprint density at radius 3 is 2.57 bits per heavy atom. The standard InChI is InChI=1S/C25H22N4O/c1-15-11-17(20-5-4-6-23-22(20)14-26-29-23)13-21-24(12-16(2)27-25(15)21)28-18-7-9-19(30-3)10-8-18/h4-14H,1-3H3,(H,26,29)(H,27,28). The fourth-order valence-electron chi connectivity index (χ4n) is 3.94. The highest BCUT2D eigenvalue weighted by Gasteiger charge is 2.12. The number of pyridine rings is 1. The molecular weight excluding hydrogens is 372 g/mol. The van der Waals surface area contributed by atoms with E-state index in [4.69, 9.17) is 9.72 Å². The van der Waals surface area contributed by atoms with E-state index in [1.165, 1.54) is 0 Å². The number of ether oxygens (including phenoxy) is 1. The summed E-state index contributed by atoms with van der Waals surface area (Å²) in [5, 5.41) is 13.0. The first kappa shape index (κ1) is 18.2. The molecule has 0 aliphatic carbocycles. The van der Waals surface area contributed by atoms with Crippen LogP contribution in [0.4, 0.5) is 11.4 Å². The van der Waals surface area contributed by atoms with Crippen molar-refractivity contribution in [3.8, 4) is 16.9 Å². The van der Waals surface area contributed by atoms with Gasteiger partial charge in [0.2, 0.25) is 0 Å². The van der Waals surface area contributed by atoms with Crippen molar-refractivity contribution in [1.29, 1.82) is 0 Å². The molecule has 3 aromatic carbocycles. The van der Waals surface area contributed by atoms with E-state index < -0.39 is 0 Å². The number of anilines is 2. The average molecular weight is 394 g/mol. The number of nitrogens with one attached hydrogen (secondary N) is 2. The largest absolute Gasteiger partial charge is 0.497 e. The summed E-state index contributed by atoms with van der Waals surface area (Å²) in [7, 11) is 1.67. The van der Waals surface area contributed by atoms with Crippen LogP contribution in [0, 0.1) is 13.8 Å². The van der Waals surface area contributed by atoms with Crippen LogP contribution in [-0.4, -0.2) is 22.3 Å². The van der Waals surface area contributed by atoms with Crippen molar-refractivity contribution >= 4 is 33.2 Å². The lowest BCUT2D eigenvalue weighted by Crippen LogP contribution is -1.97. The van der Waals surface area contributed by atoms with Crippen LogP contribution in [0.5, 0.6) is 5.75 Å². The minimum Gasteiger partial charge on any atom is -0.497 e. The normalized spacial score (nSPS) is 11.2. The molecule has 0 amide bonds. The van der Waals surface area contributed by atoms with Gasteiger partial charge in [0.15, 0.2) is 0 Å². The van der Waals surface area contributed by atoms with Crippen molar-refractivity contribution in [3.05, 3.63) is 78.1 Å². The molecule has 2 heterocycles. The van der Waals surface area contributed by atoms with Crippen LogP contribution in [-0.2, 0) is 0 Å². The molecule has 148 valence electrons. The Bertz CT molecular complexity index is 1370. The Hall–Kier alpha value is -3.86. The molecule has 0 fully saturated rings. The molecule has 0 atom stereocenters. The van der Waals surface area contributed by atoms with Gasteiger partial charge >= 0.3 is 0 Å². The number of nitrogens with zero attached hydrogens (tertiary/aromatic N) is 2. The molecule has 5 rings (SSSR count). The minimum atomic E-state index is 0.836. The summed E-state index contributed by atoms with van der Waals surface area (Å²) in [5.41, 5.74) is 8.50. The first-order valence-electron chi connectivity index (χ1n) is 9.88. The van der Waals surface area contributed by atoms with E-state index in [0.717, 1.165) is 61.3 Å². The Labute approximate surface area is 174 Å². The maximum absolute atomic E-state index is 5.27. The maximum atomic E-state index is 5.27. The molecule has 5 aromatic rings. The summed E-state index contributed by atoms with van der Waals surface area (Å²) in [6, 6.07) is 20.7. The molecule has 2 aromatic heterocycles. The number of aromatic nitrogens is 3. The fraction of sp³-hybridized carbons (Fsp3) is 0.120. The highest BCUT2D eigenvalue weighted by Crippen LogP contribution is 2.35. The molecule has 0 aliphatic heterocycles. The van der Waals surface area contributed by atoms with Crippen LogP contribution >= 0.6 is 0 Å². The van der Waals surface area contributed by atoms with Gasteiger partial charge in [-0.25, -0.2) is 0 Å². The molecule has 2 N–H and O–H groups in total. The minimum absolute atomic E-state index is 0.836. The quantitative estimate of drug-likeness (QED) is 0.384. The van der Waals surface area contributed by atoms with Gasteiger partial charge in [-0.2, -0.15) is 5.10 Å². The van der Waals surface area contributed by atoms with Gasteiger partial charge in [-0.3, -0.25) is 10.1 Å². The number of methoxy groups -OCH3 is 1. The van der Waals surface area contributed by atoms with Gasteiger partial charge in [0.25, 0.3) is 0 Å². The number of benzene rings is 3. The van der Waals surface area contributed by atoms with Crippen molar-refractivity contribution in [2.45, 2.75) is 13.8 Å². The number of H-pyrrole nitrogens is 1. The second kappa shape index (κ2) is 7.19. The molecule has 0 unspecified atom stereocenters. The Morgan fingerprint density at radius 1 is 0.933 bits per heavy atom. The smallest absolute Gasteiger partial charge is 0.119 e. The zero-order valence-corrected chi connectivity index (χ0v) is 17.2. The third kappa shape index (κ3) is 3.14. The SMILES string of the molecule is COc1ccc(Nc2cc(C)nc3c(C)cc(-c4cccc5[nH]ncc45)cc23)cc1. The van der Waals surface area contributed by atoms with Gasteiger partial charge in [-0.15, -0.1) is 0 Å². The van der Waals surface area contributed by atoms with Crippen molar-refractivity contribution in [2.75, 3.05) is 12.4 Å². The topological polar surface area (TPSA) is 62.8 Å². The summed E-state index contributed by atoms with van der Waals surface area (Å²) in [6.07, 6.45) is 1.88. The number of aromatic amines is 1. The molecule has 0 radical (unpaired) electrons. The monoisotopic (exact) mass is 394 g/mol. The number of aryl methyl sites for hydroxylation is 2. The van der Waals surface area contributed by atoms with E-state index in [1.807, 2.05) is 43.5 Å². The molecule has 0 saturated heterocycles. The van der Waals surface area contributed by atoms with Gasteiger partial charge in [-0.05, 0) is 79.1 Å². The van der Waals surface area contributed by atoms with Gasteiger partial charge in [-0.1, -0.05) is 12.1 Å². The number of fused-ring (bicyclic) bond motifs is 2. The summed E-state index contributed by atoms with van der Waals surface area (Å²) >= 11 is 0. The van der Waals surface area contributed by atoms with Crippen LogP contribution < -0.4 is 10.1 Å². The molecule has 5 heteroatoms.